The van der Waals surface area contributed by atoms with E-state index in [0.29, 0.717) is 12.1 Å². The first-order valence-corrected chi connectivity index (χ1v) is 9.27. The molecule has 4 nitrogen and oxygen atoms in total. The summed E-state index contributed by atoms with van der Waals surface area (Å²) >= 11 is 3.37. The van der Waals surface area contributed by atoms with E-state index in [2.05, 4.69) is 21.2 Å². The van der Waals surface area contributed by atoms with Crippen LogP contribution in [0.15, 0.2) is 59.1 Å². The molecular weight excluding hydrogens is 380 g/mol. The number of benzene rings is 2. The molecule has 1 saturated heterocycles. The van der Waals surface area contributed by atoms with Crippen molar-refractivity contribution in [3.05, 3.63) is 70.2 Å². The smallest absolute Gasteiger partial charge is 0.237 e. The van der Waals surface area contributed by atoms with Gasteiger partial charge in [0.2, 0.25) is 5.91 Å². The number of hydrogen-bond acceptors (Lipinski definition) is 3. The third kappa shape index (κ3) is 4.77. The van der Waals surface area contributed by atoms with Crippen LogP contribution >= 0.6 is 15.9 Å². The molecule has 1 aliphatic rings. The van der Waals surface area contributed by atoms with Crippen LogP contribution in [-0.2, 0) is 11.3 Å². The number of halogens is 1. The van der Waals surface area contributed by atoms with Gasteiger partial charge >= 0.3 is 0 Å². The van der Waals surface area contributed by atoms with Crippen LogP contribution in [0.4, 0.5) is 0 Å². The molecule has 0 bridgehead atoms. The van der Waals surface area contributed by atoms with Crippen LogP contribution in [0.1, 0.15) is 28.8 Å². The zero-order valence-corrected chi connectivity index (χ0v) is 15.5. The molecule has 1 amide bonds. The fraction of sp³-hybridized carbons (Fsp3) is 0.300. The maximum absolute atomic E-state index is 12.5. The van der Waals surface area contributed by atoms with Gasteiger partial charge in [-0.1, -0.05) is 58.4 Å². The van der Waals surface area contributed by atoms with Crippen LogP contribution in [0.2, 0.25) is 0 Å². The van der Waals surface area contributed by atoms with Crippen LogP contribution in [0.25, 0.3) is 0 Å². The van der Waals surface area contributed by atoms with Crippen molar-refractivity contribution in [1.82, 2.24) is 10.2 Å². The van der Waals surface area contributed by atoms with E-state index in [-0.39, 0.29) is 24.3 Å². The predicted molar refractivity (Wildman–Crippen MR) is 101 cm³/mol. The van der Waals surface area contributed by atoms with Gasteiger partial charge in [0.15, 0.2) is 5.78 Å². The first kappa shape index (κ1) is 17.8. The average Bonchev–Trinajstić information content (AvgIpc) is 3.09. The topological polar surface area (TPSA) is 49.4 Å². The van der Waals surface area contributed by atoms with Gasteiger partial charge in [0, 0.05) is 16.6 Å². The lowest BCUT2D eigenvalue weighted by molar-refractivity contribution is -0.125. The lowest BCUT2D eigenvalue weighted by atomic mass is 10.1. The van der Waals surface area contributed by atoms with E-state index in [1.165, 1.54) is 0 Å². The minimum atomic E-state index is -0.219. The second-order valence-electron chi connectivity index (χ2n) is 6.26. The molecule has 0 aliphatic carbocycles. The summed E-state index contributed by atoms with van der Waals surface area (Å²) in [5.41, 5.74) is 1.75. The fourth-order valence-corrected chi connectivity index (χ4v) is 3.39. The summed E-state index contributed by atoms with van der Waals surface area (Å²) in [5, 5.41) is 2.99. The van der Waals surface area contributed by atoms with E-state index in [1.54, 1.807) is 0 Å². The lowest BCUT2D eigenvalue weighted by Crippen LogP contribution is -2.44. The minimum absolute atomic E-state index is 0.00459. The van der Waals surface area contributed by atoms with Crippen LogP contribution < -0.4 is 5.32 Å². The fourth-order valence-electron chi connectivity index (χ4n) is 3.13. The van der Waals surface area contributed by atoms with Crippen LogP contribution in [0.3, 0.4) is 0 Å². The zero-order valence-electron chi connectivity index (χ0n) is 14.0. The molecule has 1 N–H and O–H groups in total. The summed E-state index contributed by atoms with van der Waals surface area (Å²) in [7, 11) is 0. The molecule has 1 heterocycles. The Morgan fingerprint density at radius 1 is 1.08 bits per heavy atom. The number of ketones is 1. The quantitative estimate of drug-likeness (QED) is 0.755. The van der Waals surface area contributed by atoms with Crippen LogP contribution in [-0.4, -0.2) is 35.7 Å². The Balaban J connectivity index is 1.57. The Labute approximate surface area is 156 Å². The van der Waals surface area contributed by atoms with Crippen molar-refractivity contribution in [1.29, 1.82) is 0 Å². The van der Waals surface area contributed by atoms with Crippen LogP contribution in [0, 0.1) is 0 Å². The van der Waals surface area contributed by atoms with Gasteiger partial charge in [-0.05, 0) is 37.1 Å². The zero-order chi connectivity index (χ0) is 17.6. The van der Waals surface area contributed by atoms with E-state index < -0.39 is 0 Å². The van der Waals surface area contributed by atoms with E-state index >= 15 is 0 Å². The molecule has 130 valence electrons. The molecule has 3 rings (SSSR count). The Morgan fingerprint density at radius 2 is 1.80 bits per heavy atom. The highest BCUT2D eigenvalue weighted by Gasteiger charge is 2.31. The Kier molecular flexibility index (Phi) is 6.00. The maximum atomic E-state index is 12.5. The van der Waals surface area contributed by atoms with Gasteiger partial charge in [0.1, 0.15) is 0 Å². The number of carbonyl (C=O) groups is 2. The largest absolute Gasteiger partial charge is 0.351 e. The first-order chi connectivity index (χ1) is 12.1. The number of likely N-dealkylation sites (tertiary alicyclic amines) is 1. The minimum Gasteiger partial charge on any atom is -0.351 e. The molecular formula is C20H21BrN2O2. The van der Waals surface area contributed by atoms with E-state index in [4.69, 9.17) is 0 Å². The number of nitrogens with zero attached hydrogens (tertiary/aromatic N) is 1. The summed E-state index contributed by atoms with van der Waals surface area (Å²) < 4.78 is 0.948. The van der Waals surface area contributed by atoms with Gasteiger partial charge in [-0.25, -0.2) is 0 Å². The summed E-state index contributed by atoms with van der Waals surface area (Å²) in [5.74, 6) is 0.0558. The number of hydrogen-bond donors (Lipinski definition) is 1. The number of nitrogens with one attached hydrogen (secondary N) is 1. The Bertz CT molecular complexity index is 731. The molecule has 2 aromatic carbocycles. The third-order valence-corrected chi connectivity index (χ3v) is 5.02. The highest BCUT2D eigenvalue weighted by Crippen LogP contribution is 2.19. The summed E-state index contributed by atoms with van der Waals surface area (Å²) in [6, 6.07) is 17.0. The molecule has 0 aromatic heterocycles. The molecule has 0 saturated carbocycles. The molecule has 1 fully saturated rings. The summed E-state index contributed by atoms with van der Waals surface area (Å²) in [4.78, 5) is 27.0. The molecule has 0 spiro atoms. The van der Waals surface area contributed by atoms with E-state index in [1.807, 2.05) is 59.5 Å². The second-order valence-corrected chi connectivity index (χ2v) is 7.18. The SMILES string of the molecule is O=C(CN1CCC[C@H]1C(=O)NCc1ccccc1)c1ccc(Br)cc1. The average molecular weight is 401 g/mol. The van der Waals surface area contributed by atoms with E-state index in [0.717, 1.165) is 29.4 Å². The highest BCUT2D eigenvalue weighted by molar-refractivity contribution is 9.10. The maximum Gasteiger partial charge on any atom is 0.237 e. The number of amides is 1. The monoisotopic (exact) mass is 400 g/mol. The predicted octanol–water partition coefficient (Wildman–Crippen LogP) is 3.41. The van der Waals surface area contributed by atoms with Crippen molar-refractivity contribution in [2.45, 2.75) is 25.4 Å². The van der Waals surface area contributed by atoms with Crippen molar-refractivity contribution >= 4 is 27.6 Å². The summed E-state index contributed by atoms with van der Waals surface area (Å²) in [6.07, 6.45) is 1.74. The molecule has 5 heteroatoms. The molecule has 1 atom stereocenters. The van der Waals surface area contributed by atoms with E-state index in [9.17, 15) is 9.59 Å². The lowest BCUT2D eigenvalue weighted by Gasteiger charge is -2.23. The first-order valence-electron chi connectivity index (χ1n) is 8.48. The highest BCUT2D eigenvalue weighted by atomic mass is 79.9. The van der Waals surface area contributed by atoms with Crippen molar-refractivity contribution < 1.29 is 9.59 Å². The number of carbonyl (C=O) groups excluding carboxylic acids is 2. The molecule has 2 aromatic rings. The molecule has 25 heavy (non-hydrogen) atoms. The van der Waals surface area contributed by atoms with Crippen molar-refractivity contribution in [2.24, 2.45) is 0 Å². The Morgan fingerprint density at radius 3 is 2.52 bits per heavy atom. The van der Waals surface area contributed by atoms with Gasteiger partial charge < -0.3 is 5.32 Å². The summed E-state index contributed by atoms with van der Waals surface area (Å²) in [6.45, 7) is 1.58. The molecule has 1 aliphatic heterocycles. The van der Waals surface area contributed by atoms with Crippen LogP contribution in [0.5, 0.6) is 0 Å². The number of Topliss-reactive ketones (excluding diaryl/α,β-unsaturated/α-hetero) is 1. The van der Waals surface area contributed by atoms with Gasteiger partial charge in [0.05, 0.1) is 12.6 Å². The van der Waals surface area contributed by atoms with Gasteiger partial charge in [-0.3, -0.25) is 14.5 Å². The molecule has 0 radical (unpaired) electrons. The Hall–Kier alpha value is -1.98. The van der Waals surface area contributed by atoms with Crippen molar-refractivity contribution in [3.63, 3.8) is 0 Å². The van der Waals surface area contributed by atoms with Gasteiger partial charge in [-0.15, -0.1) is 0 Å². The third-order valence-electron chi connectivity index (χ3n) is 4.49. The second kappa shape index (κ2) is 8.41. The standard InChI is InChI=1S/C20H21BrN2O2/c21-17-10-8-16(9-11-17)19(24)14-23-12-4-7-18(23)20(25)22-13-15-5-2-1-3-6-15/h1-3,5-6,8-11,18H,4,7,12-14H2,(H,22,25)/t18-/m0/s1. The number of rotatable bonds is 6. The normalized spacial score (nSPS) is 17.4. The van der Waals surface area contributed by atoms with Gasteiger partial charge in [0.25, 0.3) is 0 Å². The molecule has 0 unspecified atom stereocenters. The van der Waals surface area contributed by atoms with Crippen molar-refractivity contribution in [3.8, 4) is 0 Å². The van der Waals surface area contributed by atoms with Gasteiger partial charge in [-0.2, -0.15) is 0 Å². The van der Waals surface area contributed by atoms with Crippen molar-refractivity contribution in [2.75, 3.05) is 13.1 Å².